The van der Waals surface area contributed by atoms with Gasteiger partial charge in [0.25, 0.3) is 5.56 Å². The normalized spacial score (nSPS) is 22.4. The van der Waals surface area contributed by atoms with Gasteiger partial charge in [0, 0.05) is 17.8 Å². The van der Waals surface area contributed by atoms with Crippen LogP contribution in [-0.2, 0) is 25.8 Å². The predicted molar refractivity (Wildman–Crippen MR) is 82.6 cm³/mol. The first kappa shape index (κ1) is 12.6. The standard InChI is InChI=1S/C16H20N2OS/c1-10-6-7-11-12(9-10)20-15-14(11)16(19)18-8-4-2-3-5-13(18)17-15/h10H,2-9H2,1H3. The molecule has 0 amide bonds. The lowest BCUT2D eigenvalue weighted by Crippen LogP contribution is -2.25. The summed E-state index contributed by atoms with van der Waals surface area (Å²) in [6.07, 6.45) is 7.86. The number of fused-ring (bicyclic) bond motifs is 4. The Morgan fingerprint density at radius 1 is 1.25 bits per heavy atom. The Kier molecular flexibility index (Phi) is 2.95. The first-order valence-corrected chi connectivity index (χ1v) is 8.59. The molecule has 0 saturated carbocycles. The van der Waals surface area contributed by atoms with Crippen LogP contribution in [0, 0.1) is 5.92 Å². The minimum atomic E-state index is 0.235. The Labute approximate surface area is 122 Å². The van der Waals surface area contributed by atoms with E-state index in [1.165, 1.54) is 29.7 Å². The summed E-state index contributed by atoms with van der Waals surface area (Å²) < 4.78 is 1.96. The maximum Gasteiger partial charge on any atom is 0.262 e. The van der Waals surface area contributed by atoms with E-state index in [-0.39, 0.29) is 5.56 Å². The molecule has 0 aromatic carbocycles. The van der Waals surface area contributed by atoms with Crippen LogP contribution in [0.25, 0.3) is 10.2 Å². The van der Waals surface area contributed by atoms with Crippen LogP contribution in [0.5, 0.6) is 0 Å². The number of aryl methyl sites for hydroxylation is 2. The van der Waals surface area contributed by atoms with E-state index < -0.39 is 0 Å². The van der Waals surface area contributed by atoms with E-state index in [4.69, 9.17) is 4.98 Å². The van der Waals surface area contributed by atoms with Crippen LogP contribution in [0.1, 0.15) is 48.9 Å². The molecule has 0 bridgehead atoms. The minimum absolute atomic E-state index is 0.235. The lowest BCUT2D eigenvalue weighted by molar-refractivity contribution is 0.509. The second kappa shape index (κ2) is 4.69. The summed E-state index contributed by atoms with van der Waals surface area (Å²) in [6, 6.07) is 0. The molecule has 0 spiro atoms. The molecule has 0 N–H and O–H groups in total. The average molecular weight is 288 g/mol. The third-order valence-corrected chi connectivity index (χ3v) is 5.92. The van der Waals surface area contributed by atoms with Crippen molar-refractivity contribution in [3.05, 3.63) is 26.6 Å². The van der Waals surface area contributed by atoms with Gasteiger partial charge in [0.05, 0.1) is 5.39 Å². The van der Waals surface area contributed by atoms with Crippen LogP contribution in [0.4, 0.5) is 0 Å². The molecule has 0 fully saturated rings. The number of rotatable bonds is 0. The molecule has 106 valence electrons. The van der Waals surface area contributed by atoms with Crippen molar-refractivity contribution in [3.63, 3.8) is 0 Å². The van der Waals surface area contributed by atoms with Crippen LogP contribution in [0.3, 0.4) is 0 Å². The van der Waals surface area contributed by atoms with E-state index in [0.717, 1.165) is 54.2 Å². The van der Waals surface area contributed by atoms with Crippen molar-refractivity contribution in [2.24, 2.45) is 5.92 Å². The smallest absolute Gasteiger partial charge is 0.262 e. The summed E-state index contributed by atoms with van der Waals surface area (Å²) in [7, 11) is 0. The molecule has 0 radical (unpaired) electrons. The highest BCUT2D eigenvalue weighted by Crippen LogP contribution is 2.36. The Morgan fingerprint density at radius 2 is 2.15 bits per heavy atom. The van der Waals surface area contributed by atoms with Crippen molar-refractivity contribution in [2.45, 2.75) is 58.4 Å². The molecule has 4 heteroatoms. The molecule has 2 aromatic rings. The Hall–Kier alpha value is -1.16. The number of hydrogen-bond donors (Lipinski definition) is 0. The summed E-state index contributed by atoms with van der Waals surface area (Å²) >= 11 is 1.77. The van der Waals surface area contributed by atoms with Crippen molar-refractivity contribution >= 4 is 21.6 Å². The molecule has 1 aliphatic heterocycles. The lowest BCUT2D eigenvalue weighted by Gasteiger charge is -2.17. The zero-order chi connectivity index (χ0) is 13.7. The Morgan fingerprint density at radius 3 is 3.05 bits per heavy atom. The lowest BCUT2D eigenvalue weighted by atomic mass is 9.89. The largest absolute Gasteiger partial charge is 0.296 e. The highest BCUT2D eigenvalue weighted by atomic mass is 32.1. The van der Waals surface area contributed by atoms with Crippen molar-refractivity contribution in [3.8, 4) is 0 Å². The molecule has 1 aliphatic carbocycles. The second-order valence-corrected chi connectivity index (χ2v) is 7.41. The number of thiophene rings is 1. The zero-order valence-electron chi connectivity index (χ0n) is 11.9. The Balaban J connectivity index is 1.98. The summed E-state index contributed by atoms with van der Waals surface area (Å²) in [5, 5.41) is 0.947. The van der Waals surface area contributed by atoms with Crippen LogP contribution >= 0.6 is 11.3 Å². The van der Waals surface area contributed by atoms with Crippen LogP contribution in [0.15, 0.2) is 4.79 Å². The fraction of sp³-hybridized carbons (Fsp3) is 0.625. The van der Waals surface area contributed by atoms with E-state index in [1.54, 1.807) is 11.3 Å². The minimum Gasteiger partial charge on any atom is -0.296 e. The van der Waals surface area contributed by atoms with E-state index in [0.29, 0.717) is 0 Å². The predicted octanol–water partition coefficient (Wildman–Crippen LogP) is 3.31. The van der Waals surface area contributed by atoms with Crippen LogP contribution in [0.2, 0.25) is 0 Å². The maximum atomic E-state index is 12.9. The SMILES string of the molecule is CC1CCc2c(sc3nc4n(c(=O)c23)CCCCC4)C1. The summed E-state index contributed by atoms with van der Waals surface area (Å²) in [6.45, 7) is 3.17. The molecule has 0 saturated heterocycles. The van der Waals surface area contributed by atoms with Crippen molar-refractivity contribution < 1.29 is 0 Å². The summed E-state index contributed by atoms with van der Waals surface area (Å²) in [5.41, 5.74) is 1.55. The Bertz CT molecular complexity index is 728. The third-order valence-electron chi connectivity index (χ3n) is 4.78. The highest BCUT2D eigenvalue weighted by Gasteiger charge is 2.24. The van der Waals surface area contributed by atoms with Gasteiger partial charge in [0.15, 0.2) is 0 Å². The van der Waals surface area contributed by atoms with Gasteiger partial charge in [0.2, 0.25) is 0 Å². The first-order chi connectivity index (χ1) is 9.74. The first-order valence-electron chi connectivity index (χ1n) is 7.78. The monoisotopic (exact) mass is 288 g/mol. The van der Waals surface area contributed by atoms with Crippen LogP contribution < -0.4 is 5.56 Å². The van der Waals surface area contributed by atoms with Gasteiger partial charge in [-0.25, -0.2) is 4.98 Å². The van der Waals surface area contributed by atoms with E-state index in [9.17, 15) is 4.79 Å². The van der Waals surface area contributed by atoms with Crippen molar-refractivity contribution in [1.82, 2.24) is 9.55 Å². The molecule has 1 atom stereocenters. The van der Waals surface area contributed by atoms with Gasteiger partial charge in [-0.1, -0.05) is 13.3 Å². The fourth-order valence-electron chi connectivity index (χ4n) is 3.62. The van der Waals surface area contributed by atoms with Crippen LogP contribution in [-0.4, -0.2) is 9.55 Å². The zero-order valence-corrected chi connectivity index (χ0v) is 12.8. The molecule has 20 heavy (non-hydrogen) atoms. The van der Waals surface area contributed by atoms with Crippen molar-refractivity contribution in [1.29, 1.82) is 0 Å². The number of aromatic nitrogens is 2. The van der Waals surface area contributed by atoms with Gasteiger partial charge < -0.3 is 0 Å². The third kappa shape index (κ3) is 1.85. The van der Waals surface area contributed by atoms with Gasteiger partial charge >= 0.3 is 0 Å². The molecule has 1 unspecified atom stereocenters. The van der Waals surface area contributed by atoms with Gasteiger partial charge in [-0.15, -0.1) is 11.3 Å². The van der Waals surface area contributed by atoms with Gasteiger partial charge in [0.1, 0.15) is 10.7 Å². The van der Waals surface area contributed by atoms with E-state index >= 15 is 0 Å². The molecule has 2 aliphatic rings. The molecular formula is C16H20N2OS. The fourth-order valence-corrected chi connectivity index (χ4v) is 5.01. The summed E-state index contributed by atoms with van der Waals surface area (Å²) in [5.74, 6) is 1.77. The molecule has 2 aromatic heterocycles. The van der Waals surface area contributed by atoms with Gasteiger partial charge in [-0.05, 0) is 43.6 Å². The molecule has 3 heterocycles. The van der Waals surface area contributed by atoms with Gasteiger partial charge in [-0.3, -0.25) is 9.36 Å². The highest BCUT2D eigenvalue weighted by molar-refractivity contribution is 7.18. The summed E-state index contributed by atoms with van der Waals surface area (Å²) in [4.78, 5) is 20.1. The maximum absolute atomic E-state index is 12.9. The number of hydrogen-bond acceptors (Lipinski definition) is 3. The molecule has 3 nitrogen and oxygen atoms in total. The second-order valence-electron chi connectivity index (χ2n) is 6.33. The molecule has 4 rings (SSSR count). The topological polar surface area (TPSA) is 34.9 Å². The molecular weight excluding hydrogens is 268 g/mol. The average Bonchev–Trinajstić information content (AvgIpc) is 2.61. The quantitative estimate of drug-likeness (QED) is 0.745. The number of nitrogens with zero attached hydrogens (tertiary/aromatic N) is 2. The van der Waals surface area contributed by atoms with Gasteiger partial charge in [-0.2, -0.15) is 0 Å². The van der Waals surface area contributed by atoms with E-state index in [2.05, 4.69) is 6.92 Å². The van der Waals surface area contributed by atoms with Crippen molar-refractivity contribution in [2.75, 3.05) is 0 Å². The van der Waals surface area contributed by atoms with E-state index in [1.807, 2.05) is 4.57 Å².